The summed E-state index contributed by atoms with van der Waals surface area (Å²) in [6, 6.07) is 0. The van der Waals surface area contributed by atoms with Crippen molar-refractivity contribution in [2.45, 2.75) is 25.4 Å². The molecule has 0 saturated carbocycles. The Hall–Kier alpha value is -0.310. The van der Waals surface area contributed by atoms with Crippen molar-refractivity contribution < 1.29 is 47.7 Å². The minimum atomic E-state index is -5.20. The summed E-state index contributed by atoms with van der Waals surface area (Å²) in [6.07, 6.45) is -1.11. The van der Waals surface area contributed by atoms with Gasteiger partial charge in [0, 0.05) is 18.8 Å². The van der Waals surface area contributed by atoms with Crippen LogP contribution in [0.15, 0.2) is 0 Å². The first-order valence-corrected chi connectivity index (χ1v) is 7.52. The van der Waals surface area contributed by atoms with Gasteiger partial charge in [-0.15, -0.1) is 0 Å². The van der Waals surface area contributed by atoms with E-state index in [0.717, 1.165) is 6.92 Å². The third-order valence-electron chi connectivity index (χ3n) is 1.63. The molecule has 0 aliphatic heterocycles. The summed E-state index contributed by atoms with van der Waals surface area (Å²) >= 11 is 0. The lowest BCUT2D eigenvalue weighted by Gasteiger charge is -2.23. The van der Waals surface area contributed by atoms with Crippen molar-refractivity contribution in [3.05, 3.63) is 0 Å². The molecule has 0 saturated heterocycles. The summed E-state index contributed by atoms with van der Waals surface area (Å²) < 4.78 is 28.8. The molecule has 4 N–H and O–H groups in total. The Balaban J connectivity index is 4.22. The average molecular weight is 307 g/mol. The second-order valence-electron chi connectivity index (χ2n) is 3.67. The number of phosphoric acid groups is 2. The summed E-state index contributed by atoms with van der Waals surface area (Å²) in [6.45, 7) is 0.479. The lowest BCUT2D eigenvalue weighted by molar-refractivity contribution is -0.309. The van der Waals surface area contributed by atoms with E-state index >= 15 is 0 Å². The lowest BCUT2D eigenvalue weighted by atomic mass is 9.99. The van der Waals surface area contributed by atoms with Gasteiger partial charge in [0.05, 0.1) is 12.2 Å². The molecule has 0 aromatic carbocycles. The molecule has 0 bridgehead atoms. The van der Waals surface area contributed by atoms with Crippen molar-refractivity contribution in [1.29, 1.82) is 0 Å². The molecule has 0 amide bonds. The van der Waals surface area contributed by atoms with Gasteiger partial charge in [-0.05, 0) is 6.92 Å². The highest BCUT2D eigenvalue weighted by Gasteiger charge is 2.33. The molecular formula is C6H13O10P2-. The van der Waals surface area contributed by atoms with Crippen molar-refractivity contribution in [2.24, 2.45) is 0 Å². The van der Waals surface area contributed by atoms with Gasteiger partial charge in [-0.25, -0.2) is 9.13 Å². The quantitative estimate of drug-likeness (QED) is 0.386. The van der Waals surface area contributed by atoms with E-state index < -0.39 is 40.2 Å². The molecule has 0 aromatic heterocycles. The summed E-state index contributed by atoms with van der Waals surface area (Å²) in [5.74, 6) is -1.53. The maximum Gasteiger partial charge on any atom is 0.481 e. The van der Waals surface area contributed by atoms with Gasteiger partial charge in [0.15, 0.2) is 0 Å². The van der Waals surface area contributed by atoms with Gasteiger partial charge in [-0.3, -0.25) is 4.52 Å². The van der Waals surface area contributed by atoms with Crippen molar-refractivity contribution in [2.75, 3.05) is 6.61 Å². The van der Waals surface area contributed by atoms with Crippen LogP contribution in [0.4, 0.5) is 0 Å². The number of rotatable bonds is 8. The van der Waals surface area contributed by atoms with E-state index in [1.807, 2.05) is 0 Å². The summed E-state index contributed by atoms with van der Waals surface area (Å²) in [7, 11) is -10.2. The van der Waals surface area contributed by atoms with Crippen LogP contribution in [0.2, 0.25) is 0 Å². The summed E-state index contributed by atoms with van der Waals surface area (Å²) in [4.78, 5) is 35.6. The highest BCUT2D eigenvalue weighted by molar-refractivity contribution is 7.60. The number of phosphoric ester groups is 1. The fourth-order valence-electron chi connectivity index (χ4n) is 0.938. The predicted molar refractivity (Wildman–Crippen MR) is 53.8 cm³/mol. The monoisotopic (exact) mass is 307 g/mol. The van der Waals surface area contributed by atoms with E-state index in [0.29, 0.717) is 0 Å². The molecule has 108 valence electrons. The van der Waals surface area contributed by atoms with Crippen LogP contribution in [0.3, 0.4) is 0 Å². The molecule has 0 aliphatic carbocycles. The van der Waals surface area contributed by atoms with Crippen molar-refractivity contribution in [3.8, 4) is 0 Å². The Bertz CT molecular complexity index is 384. The molecule has 0 aromatic rings. The zero-order valence-corrected chi connectivity index (χ0v) is 11.0. The number of aliphatic carboxylic acids is 1. The normalized spacial score (nSPS) is 18.9. The number of carbonyl (C=O) groups excluding carboxylic acids is 1. The smallest absolute Gasteiger partial charge is 0.481 e. The Morgan fingerprint density at radius 3 is 2.22 bits per heavy atom. The van der Waals surface area contributed by atoms with Crippen molar-refractivity contribution >= 4 is 21.6 Å². The van der Waals surface area contributed by atoms with Crippen LogP contribution >= 0.6 is 15.6 Å². The van der Waals surface area contributed by atoms with Gasteiger partial charge in [0.25, 0.3) is 0 Å². The predicted octanol–water partition coefficient (Wildman–Crippen LogP) is -1.51. The van der Waals surface area contributed by atoms with Crippen LogP contribution in [-0.4, -0.2) is 38.0 Å². The number of hydrogen-bond acceptors (Lipinski definition) is 7. The second-order valence-corrected chi connectivity index (χ2v) is 6.50. The van der Waals surface area contributed by atoms with Crippen LogP contribution in [-0.2, 0) is 22.8 Å². The standard InChI is InChI=1S/C6H14O10P2/c1-6(9,4-5(7)8)2-3-15-18(13,14)16-17(10,11)12/h9H,2-4H2,1H3,(H,7,8)(H,13,14)(H2,10,11,12)/p-1/t6-/m0/s1. The summed E-state index contributed by atoms with van der Waals surface area (Å²) in [5.41, 5.74) is -1.75. The highest BCUT2D eigenvalue weighted by atomic mass is 31.3. The maximum absolute atomic E-state index is 10.9. The molecule has 0 fully saturated rings. The molecule has 12 heteroatoms. The minimum Gasteiger partial charge on any atom is -0.550 e. The number of carbonyl (C=O) groups is 1. The van der Waals surface area contributed by atoms with Crippen LogP contribution in [0, 0.1) is 0 Å². The number of carboxylic acid groups (broad SMARTS) is 1. The van der Waals surface area contributed by atoms with E-state index in [4.69, 9.17) is 14.7 Å². The van der Waals surface area contributed by atoms with Gasteiger partial charge >= 0.3 is 15.6 Å². The SMILES string of the molecule is C[C@](O)(CCOP(=O)(O)OP(=O)(O)O)CC(=O)[O-]. The van der Waals surface area contributed by atoms with E-state index in [9.17, 15) is 24.1 Å². The lowest BCUT2D eigenvalue weighted by Crippen LogP contribution is -2.35. The maximum atomic E-state index is 10.9. The zero-order chi connectivity index (χ0) is 14.6. The molecule has 0 spiro atoms. The van der Waals surface area contributed by atoms with Crippen molar-refractivity contribution in [1.82, 2.24) is 0 Å². The Labute approximate surface area is 102 Å². The first-order chi connectivity index (χ1) is 7.83. The van der Waals surface area contributed by atoms with Crippen molar-refractivity contribution in [3.63, 3.8) is 0 Å². The van der Waals surface area contributed by atoms with Gasteiger partial charge in [-0.2, -0.15) is 4.31 Å². The Morgan fingerprint density at radius 1 is 1.33 bits per heavy atom. The van der Waals surface area contributed by atoms with E-state index in [1.165, 1.54) is 0 Å². The number of hydrogen-bond donors (Lipinski definition) is 4. The number of carboxylic acids is 1. The molecular weight excluding hydrogens is 294 g/mol. The fraction of sp³-hybridized carbons (Fsp3) is 0.833. The van der Waals surface area contributed by atoms with Crippen LogP contribution in [0.25, 0.3) is 0 Å². The minimum absolute atomic E-state index is 0.379. The Morgan fingerprint density at radius 2 is 1.83 bits per heavy atom. The van der Waals surface area contributed by atoms with Gasteiger partial charge in [0.2, 0.25) is 0 Å². The molecule has 0 aliphatic rings. The van der Waals surface area contributed by atoms with E-state index in [1.54, 1.807) is 0 Å². The second kappa shape index (κ2) is 6.23. The number of aliphatic hydroxyl groups is 1. The molecule has 1 unspecified atom stereocenters. The topological polar surface area (TPSA) is 174 Å². The zero-order valence-electron chi connectivity index (χ0n) is 9.25. The van der Waals surface area contributed by atoms with E-state index in [2.05, 4.69) is 8.83 Å². The molecule has 10 nitrogen and oxygen atoms in total. The first kappa shape index (κ1) is 17.7. The van der Waals surface area contributed by atoms with Crippen LogP contribution < -0.4 is 5.11 Å². The van der Waals surface area contributed by atoms with E-state index in [-0.39, 0.29) is 6.42 Å². The molecule has 0 heterocycles. The molecule has 0 radical (unpaired) electrons. The van der Waals surface area contributed by atoms with Crippen LogP contribution in [0.5, 0.6) is 0 Å². The molecule has 2 atom stereocenters. The van der Waals surface area contributed by atoms with Gasteiger partial charge in [-0.1, -0.05) is 0 Å². The van der Waals surface area contributed by atoms with Gasteiger partial charge < -0.3 is 29.7 Å². The molecule has 0 rings (SSSR count). The molecule has 18 heavy (non-hydrogen) atoms. The van der Waals surface area contributed by atoms with Gasteiger partial charge in [0.1, 0.15) is 0 Å². The van der Waals surface area contributed by atoms with Crippen LogP contribution in [0.1, 0.15) is 19.8 Å². The highest BCUT2D eigenvalue weighted by Crippen LogP contribution is 2.57. The average Bonchev–Trinajstić information content (AvgIpc) is 1.93. The first-order valence-electron chi connectivity index (χ1n) is 4.49. The fourth-order valence-corrected chi connectivity index (χ4v) is 2.52. The summed E-state index contributed by atoms with van der Waals surface area (Å²) in [5, 5.41) is 19.7. The third kappa shape index (κ3) is 9.69. The largest absolute Gasteiger partial charge is 0.550 e. The Kier molecular flexibility index (Phi) is 6.12. The third-order valence-corrected chi connectivity index (χ3v) is 3.82.